The molecule has 1 N–H and O–H groups in total. The topological polar surface area (TPSA) is 15.3 Å². The summed E-state index contributed by atoms with van der Waals surface area (Å²) in [5.74, 6) is 0.487. The predicted molar refractivity (Wildman–Crippen MR) is 88.2 cm³/mol. The van der Waals surface area contributed by atoms with Crippen molar-refractivity contribution < 1.29 is 4.39 Å². The quantitative estimate of drug-likeness (QED) is 0.875. The lowest BCUT2D eigenvalue weighted by Crippen LogP contribution is -2.40. The van der Waals surface area contributed by atoms with E-state index in [1.807, 2.05) is 6.07 Å². The van der Waals surface area contributed by atoms with Gasteiger partial charge in [0.2, 0.25) is 0 Å². The molecule has 0 amide bonds. The van der Waals surface area contributed by atoms with Gasteiger partial charge in [-0.25, -0.2) is 4.39 Å². The first-order valence-electron chi connectivity index (χ1n) is 8.12. The lowest BCUT2D eigenvalue weighted by atomic mass is 9.84. The Bertz CT molecular complexity index is 468. The van der Waals surface area contributed by atoms with Gasteiger partial charge in [-0.15, -0.1) is 0 Å². The Morgan fingerprint density at radius 3 is 2.76 bits per heavy atom. The van der Waals surface area contributed by atoms with Crippen molar-refractivity contribution in [2.24, 2.45) is 11.3 Å². The van der Waals surface area contributed by atoms with Crippen LogP contribution in [0.15, 0.2) is 18.2 Å². The Hall–Kier alpha value is -1.09. The lowest BCUT2D eigenvalue weighted by molar-refractivity contribution is 0.292. The van der Waals surface area contributed by atoms with E-state index in [0.29, 0.717) is 17.9 Å². The van der Waals surface area contributed by atoms with Gasteiger partial charge in [-0.3, -0.25) is 0 Å². The molecular formula is C18H29FN2. The van der Waals surface area contributed by atoms with Gasteiger partial charge in [0.15, 0.2) is 0 Å². The molecular weight excluding hydrogens is 263 g/mol. The Morgan fingerprint density at radius 2 is 2.10 bits per heavy atom. The zero-order valence-corrected chi connectivity index (χ0v) is 13.9. The Labute approximate surface area is 128 Å². The van der Waals surface area contributed by atoms with Crippen molar-refractivity contribution in [3.8, 4) is 0 Å². The minimum absolute atomic E-state index is 0.0906. The van der Waals surface area contributed by atoms with Crippen LogP contribution in [0.2, 0.25) is 0 Å². The van der Waals surface area contributed by atoms with Crippen LogP contribution in [0, 0.1) is 17.2 Å². The summed E-state index contributed by atoms with van der Waals surface area (Å²) in [7, 11) is 0. The summed E-state index contributed by atoms with van der Waals surface area (Å²) < 4.78 is 14.3. The first kappa shape index (κ1) is 16.3. The van der Waals surface area contributed by atoms with E-state index in [-0.39, 0.29) is 5.82 Å². The van der Waals surface area contributed by atoms with E-state index in [1.54, 1.807) is 6.07 Å². The molecule has 0 bridgehead atoms. The smallest absolute Gasteiger partial charge is 0.129 e. The molecule has 118 valence electrons. The van der Waals surface area contributed by atoms with Crippen LogP contribution < -0.4 is 10.2 Å². The minimum atomic E-state index is -0.0906. The van der Waals surface area contributed by atoms with Crippen LogP contribution in [-0.4, -0.2) is 19.6 Å². The van der Waals surface area contributed by atoms with Crippen molar-refractivity contribution in [2.75, 3.05) is 24.5 Å². The number of hydrogen-bond acceptors (Lipinski definition) is 2. The van der Waals surface area contributed by atoms with Gasteiger partial charge in [-0.05, 0) is 42.9 Å². The molecule has 1 aromatic rings. The third-order valence-electron chi connectivity index (χ3n) is 4.19. The Morgan fingerprint density at radius 1 is 1.33 bits per heavy atom. The third-order valence-corrected chi connectivity index (χ3v) is 4.19. The monoisotopic (exact) mass is 292 g/mol. The summed E-state index contributed by atoms with van der Waals surface area (Å²) in [6, 6.07) is 5.47. The molecule has 0 saturated carbocycles. The molecule has 0 aromatic heterocycles. The highest BCUT2D eigenvalue weighted by atomic mass is 19.1. The maximum Gasteiger partial charge on any atom is 0.129 e. The van der Waals surface area contributed by atoms with Crippen LogP contribution in [0.5, 0.6) is 0 Å². The molecule has 1 saturated heterocycles. The fourth-order valence-electron chi connectivity index (χ4n) is 3.13. The van der Waals surface area contributed by atoms with Crippen molar-refractivity contribution in [1.82, 2.24) is 5.32 Å². The maximum atomic E-state index is 14.3. The van der Waals surface area contributed by atoms with E-state index in [9.17, 15) is 4.39 Å². The van der Waals surface area contributed by atoms with Gasteiger partial charge in [0.25, 0.3) is 0 Å². The Balaban J connectivity index is 2.16. The van der Waals surface area contributed by atoms with Crippen LogP contribution in [0.25, 0.3) is 0 Å². The zero-order chi connectivity index (χ0) is 15.5. The molecule has 0 atom stereocenters. The van der Waals surface area contributed by atoms with E-state index in [2.05, 4.69) is 44.0 Å². The first-order valence-corrected chi connectivity index (χ1v) is 8.12. The number of piperidine rings is 1. The van der Waals surface area contributed by atoms with Crippen LogP contribution in [0.1, 0.15) is 46.1 Å². The average molecular weight is 292 g/mol. The van der Waals surface area contributed by atoms with Crippen molar-refractivity contribution >= 4 is 5.69 Å². The molecule has 2 nitrogen and oxygen atoms in total. The highest BCUT2D eigenvalue weighted by Gasteiger charge is 2.28. The summed E-state index contributed by atoms with van der Waals surface area (Å²) in [5.41, 5.74) is 2.20. The number of rotatable bonds is 5. The van der Waals surface area contributed by atoms with Crippen molar-refractivity contribution in [3.05, 3.63) is 29.6 Å². The number of nitrogens with one attached hydrogen (secondary N) is 1. The van der Waals surface area contributed by atoms with Gasteiger partial charge >= 0.3 is 0 Å². The third kappa shape index (κ3) is 4.44. The molecule has 0 unspecified atom stereocenters. The largest absolute Gasteiger partial charge is 0.371 e. The molecule has 1 aliphatic rings. The summed E-state index contributed by atoms with van der Waals surface area (Å²) >= 11 is 0. The van der Waals surface area contributed by atoms with Gasteiger partial charge in [0, 0.05) is 30.9 Å². The molecule has 3 heteroatoms. The molecule has 0 spiro atoms. The zero-order valence-electron chi connectivity index (χ0n) is 13.9. The normalized spacial score (nSPS) is 18.3. The predicted octanol–water partition coefficient (Wildman–Crippen LogP) is 4.20. The second kappa shape index (κ2) is 6.78. The van der Waals surface area contributed by atoms with Gasteiger partial charge in [-0.1, -0.05) is 33.8 Å². The average Bonchev–Trinajstić information content (AvgIpc) is 2.39. The lowest BCUT2D eigenvalue weighted by Gasteiger charge is -2.40. The fraction of sp³-hybridized carbons (Fsp3) is 0.667. The Kier molecular flexibility index (Phi) is 5.26. The van der Waals surface area contributed by atoms with Gasteiger partial charge in [0.05, 0.1) is 0 Å². The van der Waals surface area contributed by atoms with E-state index < -0.39 is 0 Å². The van der Waals surface area contributed by atoms with E-state index in [1.165, 1.54) is 12.8 Å². The van der Waals surface area contributed by atoms with Crippen LogP contribution in [0.4, 0.5) is 10.1 Å². The molecule has 2 rings (SSSR count). The second-order valence-corrected chi connectivity index (χ2v) is 7.45. The molecule has 1 fully saturated rings. The standard InChI is InChI=1S/C18H29FN2/c1-14(2)11-20-12-15-16(19)7-5-8-17(15)21-10-6-9-18(3,4)13-21/h5,7-8,14,20H,6,9-13H2,1-4H3. The second-order valence-electron chi connectivity index (χ2n) is 7.45. The van der Waals surface area contributed by atoms with Crippen molar-refractivity contribution in [1.29, 1.82) is 0 Å². The van der Waals surface area contributed by atoms with Crippen LogP contribution in [-0.2, 0) is 6.54 Å². The maximum absolute atomic E-state index is 14.3. The summed E-state index contributed by atoms with van der Waals surface area (Å²) in [6.45, 7) is 12.5. The van der Waals surface area contributed by atoms with E-state index in [4.69, 9.17) is 0 Å². The van der Waals surface area contributed by atoms with Crippen molar-refractivity contribution in [3.63, 3.8) is 0 Å². The highest BCUT2D eigenvalue weighted by Crippen LogP contribution is 2.33. The van der Waals surface area contributed by atoms with E-state index in [0.717, 1.165) is 30.9 Å². The van der Waals surface area contributed by atoms with Gasteiger partial charge in [-0.2, -0.15) is 0 Å². The number of halogens is 1. The van der Waals surface area contributed by atoms with Gasteiger partial charge in [0.1, 0.15) is 5.82 Å². The number of nitrogens with zero attached hydrogens (tertiary/aromatic N) is 1. The molecule has 1 aromatic carbocycles. The summed E-state index contributed by atoms with van der Waals surface area (Å²) in [4.78, 5) is 2.36. The molecule has 0 aliphatic carbocycles. The molecule has 0 radical (unpaired) electrons. The molecule has 1 heterocycles. The van der Waals surface area contributed by atoms with Crippen LogP contribution >= 0.6 is 0 Å². The molecule has 21 heavy (non-hydrogen) atoms. The molecule has 1 aliphatic heterocycles. The number of hydrogen-bond donors (Lipinski definition) is 1. The van der Waals surface area contributed by atoms with E-state index >= 15 is 0 Å². The minimum Gasteiger partial charge on any atom is -0.371 e. The number of benzene rings is 1. The first-order chi connectivity index (χ1) is 9.89. The summed E-state index contributed by atoms with van der Waals surface area (Å²) in [5, 5.41) is 3.38. The highest BCUT2D eigenvalue weighted by molar-refractivity contribution is 5.54. The van der Waals surface area contributed by atoms with Crippen molar-refractivity contribution in [2.45, 2.75) is 47.1 Å². The fourth-order valence-corrected chi connectivity index (χ4v) is 3.13. The summed E-state index contributed by atoms with van der Waals surface area (Å²) in [6.07, 6.45) is 2.43. The van der Waals surface area contributed by atoms with Gasteiger partial charge < -0.3 is 10.2 Å². The SMILES string of the molecule is CC(C)CNCc1c(F)cccc1N1CCCC(C)(C)C1. The number of anilines is 1. The van der Waals surface area contributed by atoms with Crippen LogP contribution in [0.3, 0.4) is 0 Å².